The molecule has 0 amide bonds. The molecule has 1 rings (SSSR count). The third-order valence-electron chi connectivity index (χ3n) is 1.97. The molecule has 1 nitrogen and oxygen atoms in total. The van der Waals surface area contributed by atoms with Crippen molar-refractivity contribution in [2.45, 2.75) is 37.4 Å². The highest BCUT2D eigenvalue weighted by molar-refractivity contribution is 8.53. The van der Waals surface area contributed by atoms with Crippen molar-refractivity contribution in [3.05, 3.63) is 0 Å². The molecule has 0 unspecified atom stereocenters. The van der Waals surface area contributed by atoms with Gasteiger partial charge in [-0.25, -0.2) is 0 Å². The highest BCUT2D eigenvalue weighted by atomic mass is 33.1. The van der Waals surface area contributed by atoms with Crippen molar-refractivity contribution >= 4 is 29.8 Å². The lowest BCUT2D eigenvalue weighted by atomic mass is 10.0. The van der Waals surface area contributed by atoms with Crippen molar-refractivity contribution in [1.29, 1.82) is 0 Å². The second-order valence-corrected chi connectivity index (χ2v) is 8.15. The molecule has 0 bridgehead atoms. The van der Waals surface area contributed by atoms with E-state index in [0.717, 1.165) is 12.8 Å². The molecule has 0 aromatic rings. The van der Waals surface area contributed by atoms with Gasteiger partial charge < -0.3 is 4.55 Å². The predicted octanol–water partition coefficient (Wildman–Crippen LogP) is 1.87. The van der Waals surface area contributed by atoms with Gasteiger partial charge in [0.1, 0.15) is 0 Å². The van der Waals surface area contributed by atoms with Gasteiger partial charge in [0.15, 0.2) is 0 Å². The lowest BCUT2D eigenvalue weighted by Gasteiger charge is -2.22. The summed E-state index contributed by atoms with van der Waals surface area (Å²) in [5.74, 6) is 0. The minimum Gasteiger partial charge on any atom is -0.325 e. The molecule has 1 fully saturated rings. The molecule has 60 valence electrons. The molecule has 0 aromatic heterocycles. The molecule has 1 aliphatic rings. The van der Waals surface area contributed by atoms with E-state index < -0.39 is 7.43 Å². The number of rotatable bonds is 1. The van der Waals surface area contributed by atoms with Crippen LogP contribution in [0.15, 0.2) is 0 Å². The minimum absolute atomic E-state index is 0.270. The standard InChI is InChI=1S/C6H12OS3/c7-10(8,9)6-4-2-1-3-5-6/h6H,1-5H2,(H,7,8,9). The summed E-state index contributed by atoms with van der Waals surface area (Å²) in [5, 5.41) is 0.270. The summed E-state index contributed by atoms with van der Waals surface area (Å²) in [4.78, 5) is 0. The van der Waals surface area contributed by atoms with Gasteiger partial charge in [-0.05, 0) is 35.2 Å². The summed E-state index contributed by atoms with van der Waals surface area (Å²) >= 11 is 9.72. The van der Waals surface area contributed by atoms with Crippen LogP contribution in [0.4, 0.5) is 0 Å². The zero-order valence-electron chi connectivity index (χ0n) is 5.78. The third-order valence-corrected chi connectivity index (χ3v) is 4.92. The Bertz CT molecular complexity index is 189. The molecular formula is C6H12OS3. The lowest BCUT2D eigenvalue weighted by Crippen LogP contribution is -2.21. The SMILES string of the molecule is OS(=S)(=S)C1CCCCC1. The monoisotopic (exact) mass is 196 g/mol. The van der Waals surface area contributed by atoms with Crippen molar-refractivity contribution in [3.8, 4) is 0 Å². The second kappa shape index (κ2) is 3.43. The van der Waals surface area contributed by atoms with Gasteiger partial charge in [-0.1, -0.05) is 19.3 Å². The van der Waals surface area contributed by atoms with E-state index in [-0.39, 0.29) is 5.25 Å². The van der Waals surface area contributed by atoms with Crippen molar-refractivity contribution < 1.29 is 4.55 Å². The highest BCUT2D eigenvalue weighted by Crippen LogP contribution is 2.23. The fraction of sp³-hybridized carbons (Fsp3) is 1.00. The molecule has 0 aliphatic heterocycles. The summed E-state index contributed by atoms with van der Waals surface area (Å²) < 4.78 is 9.36. The summed E-state index contributed by atoms with van der Waals surface area (Å²) in [6, 6.07) is 0. The molecule has 0 spiro atoms. The number of hydrogen-bond donors (Lipinski definition) is 1. The normalized spacial score (nSPS) is 22.9. The Morgan fingerprint density at radius 3 is 1.90 bits per heavy atom. The summed E-state index contributed by atoms with van der Waals surface area (Å²) in [6.45, 7) is 0. The molecule has 0 heterocycles. The first kappa shape index (κ1) is 8.84. The van der Waals surface area contributed by atoms with Crippen LogP contribution in [0.5, 0.6) is 0 Å². The number of hydrogen-bond acceptors (Lipinski definition) is 2. The quantitative estimate of drug-likeness (QED) is 0.691. The Hall–Kier alpha value is 0.750. The molecule has 1 N–H and O–H groups in total. The van der Waals surface area contributed by atoms with Crippen molar-refractivity contribution in [3.63, 3.8) is 0 Å². The zero-order valence-corrected chi connectivity index (χ0v) is 8.23. The van der Waals surface area contributed by atoms with E-state index >= 15 is 0 Å². The molecule has 0 atom stereocenters. The van der Waals surface area contributed by atoms with Crippen molar-refractivity contribution in [1.82, 2.24) is 0 Å². The molecular weight excluding hydrogens is 184 g/mol. The van der Waals surface area contributed by atoms with E-state index in [0.29, 0.717) is 0 Å². The van der Waals surface area contributed by atoms with Crippen molar-refractivity contribution in [2.75, 3.05) is 0 Å². The molecule has 1 saturated carbocycles. The molecule has 4 heteroatoms. The van der Waals surface area contributed by atoms with Gasteiger partial charge in [0.05, 0.1) is 0 Å². The summed E-state index contributed by atoms with van der Waals surface area (Å²) in [5.41, 5.74) is 0. The van der Waals surface area contributed by atoms with Crippen LogP contribution in [0.2, 0.25) is 0 Å². The van der Waals surface area contributed by atoms with E-state index in [1.165, 1.54) is 19.3 Å². The smallest absolute Gasteiger partial charge is 0.0360 e. The third kappa shape index (κ3) is 2.42. The molecule has 0 saturated heterocycles. The van der Waals surface area contributed by atoms with Gasteiger partial charge in [-0.3, -0.25) is 0 Å². The molecule has 0 radical (unpaired) electrons. The Morgan fingerprint density at radius 1 is 1.10 bits per heavy atom. The Morgan fingerprint density at radius 2 is 1.60 bits per heavy atom. The van der Waals surface area contributed by atoms with E-state index in [4.69, 9.17) is 22.4 Å². The van der Waals surface area contributed by atoms with Crippen LogP contribution in [0.25, 0.3) is 0 Å². The van der Waals surface area contributed by atoms with E-state index in [1.54, 1.807) is 0 Å². The predicted molar refractivity (Wildman–Crippen MR) is 51.6 cm³/mol. The van der Waals surface area contributed by atoms with Crippen LogP contribution in [-0.4, -0.2) is 9.80 Å². The average Bonchev–Trinajstić information content (AvgIpc) is 1.88. The molecule has 1 aliphatic carbocycles. The molecule has 10 heavy (non-hydrogen) atoms. The average molecular weight is 196 g/mol. The van der Waals surface area contributed by atoms with E-state index in [9.17, 15) is 4.55 Å². The zero-order chi connectivity index (χ0) is 7.61. The maximum absolute atomic E-state index is 9.36. The van der Waals surface area contributed by atoms with Crippen LogP contribution in [0.3, 0.4) is 0 Å². The Labute approximate surface area is 71.8 Å². The van der Waals surface area contributed by atoms with Crippen LogP contribution < -0.4 is 0 Å². The van der Waals surface area contributed by atoms with Crippen LogP contribution >= 0.6 is 0 Å². The first-order chi connectivity index (χ1) is 4.61. The van der Waals surface area contributed by atoms with Gasteiger partial charge >= 0.3 is 0 Å². The van der Waals surface area contributed by atoms with Gasteiger partial charge in [-0.15, -0.1) is 0 Å². The maximum Gasteiger partial charge on any atom is 0.0360 e. The Balaban J connectivity index is 2.56. The Kier molecular flexibility index (Phi) is 3.03. The first-order valence-corrected chi connectivity index (χ1v) is 7.07. The first-order valence-electron chi connectivity index (χ1n) is 3.57. The molecule has 0 aromatic carbocycles. The highest BCUT2D eigenvalue weighted by Gasteiger charge is 2.18. The van der Waals surface area contributed by atoms with Gasteiger partial charge in [-0.2, -0.15) is 0 Å². The topological polar surface area (TPSA) is 20.2 Å². The summed E-state index contributed by atoms with van der Waals surface area (Å²) in [6.07, 6.45) is 5.80. The van der Waals surface area contributed by atoms with Gasteiger partial charge in [0.25, 0.3) is 0 Å². The lowest BCUT2D eigenvalue weighted by molar-refractivity contribution is 0.497. The van der Waals surface area contributed by atoms with E-state index in [2.05, 4.69) is 0 Å². The maximum atomic E-state index is 9.36. The fourth-order valence-electron chi connectivity index (χ4n) is 1.36. The fourth-order valence-corrected chi connectivity index (χ4v) is 3.45. The van der Waals surface area contributed by atoms with Crippen molar-refractivity contribution in [2.24, 2.45) is 0 Å². The van der Waals surface area contributed by atoms with Crippen LogP contribution in [-0.2, 0) is 29.8 Å². The largest absolute Gasteiger partial charge is 0.325 e. The van der Waals surface area contributed by atoms with Crippen LogP contribution in [0.1, 0.15) is 32.1 Å². The second-order valence-electron chi connectivity index (χ2n) is 2.77. The van der Waals surface area contributed by atoms with E-state index in [1.807, 2.05) is 0 Å². The van der Waals surface area contributed by atoms with Gasteiger partial charge in [0, 0.05) is 12.7 Å². The van der Waals surface area contributed by atoms with Crippen LogP contribution in [0, 0.1) is 0 Å². The minimum atomic E-state index is -2.06. The van der Waals surface area contributed by atoms with Gasteiger partial charge in [0.2, 0.25) is 0 Å². The summed E-state index contributed by atoms with van der Waals surface area (Å²) in [7, 11) is -2.06.